The monoisotopic (exact) mass is 225 g/mol. The molecule has 4 nitrogen and oxygen atoms in total. The Kier molecular flexibility index (Phi) is 5.05. The molecule has 0 radical (unpaired) electrons. The minimum Gasteiger partial charge on any atom is -0.478 e. The summed E-state index contributed by atoms with van der Waals surface area (Å²) in [5, 5.41) is 12.0. The quantitative estimate of drug-likeness (QED) is 0.748. The number of nitrogens with one attached hydrogen (secondary N) is 1. The molecule has 0 aliphatic carbocycles. The van der Waals surface area contributed by atoms with E-state index in [1.54, 1.807) is 6.07 Å². The van der Waals surface area contributed by atoms with Gasteiger partial charge < -0.3 is 14.8 Å². The van der Waals surface area contributed by atoms with Crippen LogP contribution in [0, 0.1) is 5.92 Å². The zero-order valence-electron chi connectivity index (χ0n) is 9.82. The fraction of sp³-hybridized carbons (Fsp3) is 0.583. The highest BCUT2D eigenvalue weighted by Crippen LogP contribution is 2.09. The van der Waals surface area contributed by atoms with Crippen LogP contribution in [0.5, 0.6) is 0 Å². The average molecular weight is 225 g/mol. The summed E-state index contributed by atoms with van der Waals surface area (Å²) < 4.78 is 5.13. The van der Waals surface area contributed by atoms with Crippen molar-refractivity contribution in [3.05, 3.63) is 23.7 Å². The van der Waals surface area contributed by atoms with Gasteiger partial charge in [0.05, 0.1) is 12.1 Å². The summed E-state index contributed by atoms with van der Waals surface area (Å²) in [6, 6.07) is 1.56. The van der Waals surface area contributed by atoms with Crippen LogP contribution in [-0.4, -0.2) is 17.6 Å². The first kappa shape index (κ1) is 12.8. The van der Waals surface area contributed by atoms with Gasteiger partial charge in [-0.05, 0) is 18.5 Å². The Labute approximate surface area is 95.7 Å². The summed E-state index contributed by atoms with van der Waals surface area (Å²) in [7, 11) is 0. The predicted octanol–water partition coefficient (Wildman–Crippen LogP) is 2.50. The van der Waals surface area contributed by atoms with Gasteiger partial charge in [-0.15, -0.1) is 0 Å². The van der Waals surface area contributed by atoms with E-state index < -0.39 is 5.97 Å². The normalized spacial score (nSPS) is 10.9. The maximum Gasteiger partial charge on any atom is 0.338 e. The lowest BCUT2D eigenvalue weighted by atomic mass is 10.0. The fourth-order valence-electron chi connectivity index (χ4n) is 1.56. The first-order valence-electron chi connectivity index (χ1n) is 5.68. The highest BCUT2D eigenvalue weighted by atomic mass is 16.4. The second-order valence-electron chi connectivity index (χ2n) is 3.92. The van der Waals surface area contributed by atoms with Crippen molar-refractivity contribution in [1.29, 1.82) is 0 Å². The Bertz CT molecular complexity index is 329. The van der Waals surface area contributed by atoms with Crippen LogP contribution in [-0.2, 0) is 6.54 Å². The molecule has 0 aromatic carbocycles. The van der Waals surface area contributed by atoms with Crippen molar-refractivity contribution in [2.45, 2.75) is 33.2 Å². The summed E-state index contributed by atoms with van der Waals surface area (Å²) in [5.74, 6) is 0.396. The van der Waals surface area contributed by atoms with Crippen molar-refractivity contribution < 1.29 is 14.3 Å². The van der Waals surface area contributed by atoms with Crippen LogP contribution >= 0.6 is 0 Å². The Hall–Kier alpha value is -1.29. The van der Waals surface area contributed by atoms with E-state index in [0.717, 1.165) is 19.4 Å². The van der Waals surface area contributed by atoms with Crippen molar-refractivity contribution >= 4 is 5.97 Å². The van der Waals surface area contributed by atoms with Crippen LogP contribution < -0.4 is 5.32 Å². The van der Waals surface area contributed by atoms with Gasteiger partial charge in [-0.25, -0.2) is 4.79 Å². The highest BCUT2D eigenvalue weighted by Gasteiger charge is 2.08. The zero-order chi connectivity index (χ0) is 12.0. The first-order valence-corrected chi connectivity index (χ1v) is 5.68. The van der Waals surface area contributed by atoms with E-state index in [9.17, 15) is 4.79 Å². The lowest BCUT2D eigenvalue weighted by molar-refractivity contribution is 0.0696. The smallest absolute Gasteiger partial charge is 0.338 e. The molecule has 0 amide bonds. The van der Waals surface area contributed by atoms with Gasteiger partial charge in [0.2, 0.25) is 0 Å². The number of hydrogen-bond donors (Lipinski definition) is 2. The van der Waals surface area contributed by atoms with Gasteiger partial charge in [0.25, 0.3) is 0 Å². The lowest BCUT2D eigenvalue weighted by Crippen LogP contribution is -2.21. The third-order valence-electron chi connectivity index (χ3n) is 2.79. The van der Waals surface area contributed by atoms with E-state index in [1.807, 2.05) is 0 Å². The van der Waals surface area contributed by atoms with Gasteiger partial charge in [0.1, 0.15) is 12.0 Å². The van der Waals surface area contributed by atoms with Crippen LogP contribution in [0.25, 0.3) is 0 Å². The molecule has 0 fully saturated rings. The largest absolute Gasteiger partial charge is 0.478 e. The molecule has 90 valence electrons. The zero-order valence-corrected chi connectivity index (χ0v) is 9.82. The van der Waals surface area contributed by atoms with Crippen molar-refractivity contribution in [2.24, 2.45) is 5.92 Å². The molecular formula is C12H19NO3. The Morgan fingerprint density at radius 2 is 2.19 bits per heavy atom. The number of aromatic carboxylic acids is 1. The van der Waals surface area contributed by atoms with E-state index in [4.69, 9.17) is 9.52 Å². The Balaban J connectivity index is 2.34. The number of carbonyl (C=O) groups is 1. The van der Waals surface area contributed by atoms with E-state index in [1.165, 1.54) is 6.26 Å². The summed E-state index contributed by atoms with van der Waals surface area (Å²) >= 11 is 0. The maximum atomic E-state index is 10.6. The number of furan rings is 1. The van der Waals surface area contributed by atoms with Crippen molar-refractivity contribution in [1.82, 2.24) is 5.32 Å². The molecule has 2 N–H and O–H groups in total. The Morgan fingerprint density at radius 1 is 1.50 bits per heavy atom. The molecule has 0 aliphatic rings. The standard InChI is InChI=1S/C12H19NO3/c1-3-9(4-2)6-13-7-11-5-10(8-16-11)12(14)15/h5,8-9,13H,3-4,6-7H2,1-2H3,(H,14,15). The van der Waals surface area contributed by atoms with E-state index in [-0.39, 0.29) is 5.56 Å². The van der Waals surface area contributed by atoms with Crippen LogP contribution in [0.4, 0.5) is 0 Å². The molecule has 0 saturated heterocycles. The average Bonchev–Trinajstić information content (AvgIpc) is 2.73. The molecule has 0 unspecified atom stereocenters. The minimum atomic E-state index is -0.949. The lowest BCUT2D eigenvalue weighted by Gasteiger charge is -2.12. The second kappa shape index (κ2) is 6.33. The third-order valence-corrected chi connectivity index (χ3v) is 2.79. The van der Waals surface area contributed by atoms with E-state index in [2.05, 4.69) is 19.2 Å². The molecule has 0 aliphatic heterocycles. The van der Waals surface area contributed by atoms with Crippen LogP contribution in [0.1, 0.15) is 42.8 Å². The van der Waals surface area contributed by atoms with Gasteiger partial charge in [0.15, 0.2) is 0 Å². The van der Waals surface area contributed by atoms with Gasteiger partial charge in [-0.1, -0.05) is 26.7 Å². The predicted molar refractivity (Wildman–Crippen MR) is 61.4 cm³/mol. The molecule has 1 heterocycles. The molecule has 1 rings (SSSR count). The number of carboxylic acids is 1. The molecule has 0 atom stereocenters. The Morgan fingerprint density at radius 3 is 2.69 bits per heavy atom. The number of hydrogen-bond acceptors (Lipinski definition) is 3. The summed E-state index contributed by atoms with van der Waals surface area (Å²) in [4.78, 5) is 10.6. The van der Waals surface area contributed by atoms with Crippen LogP contribution in [0.3, 0.4) is 0 Å². The number of carboxylic acid groups (broad SMARTS) is 1. The topological polar surface area (TPSA) is 62.5 Å². The molecule has 16 heavy (non-hydrogen) atoms. The first-order chi connectivity index (χ1) is 7.67. The molecule has 4 heteroatoms. The van der Waals surface area contributed by atoms with Gasteiger partial charge in [0, 0.05) is 0 Å². The van der Waals surface area contributed by atoms with Crippen molar-refractivity contribution in [3.8, 4) is 0 Å². The molecule has 0 saturated carbocycles. The van der Waals surface area contributed by atoms with Crippen LogP contribution in [0.15, 0.2) is 16.7 Å². The minimum absolute atomic E-state index is 0.208. The van der Waals surface area contributed by atoms with Gasteiger partial charge >= 0.3 is 5.97 Å². The second-order valence-corrected chi connectivity index (χ2v) is 3.92. The van der Waals surface area contributed by atoms with Crippen LogP contribution in [0.2, 0.25) is 0 Å². The van der Waals surface area contributed by atoms with Crippen molar-refractivity contribution in [2.75, 3.05) is 6.54 Å². The molecule has 0 bridgehead atoms. The van der Waals surface area contributed by atoms with E-state index in [0.29, 0.717) is 18.2 Å². The molecule has 0 spiro atoms. The summed E-state index contributed by atoms with van der Waals surface area (Å²) in [6.45, 7) is 5.87. The molecule has 1 aromatic heterocycles. The molecule has 1 aromatic rings. The SMILES string of the molecule is CCC(CC)CNCc1cc(C(=O)O)co1. The maximum absolute atomic E-state index is 10.6. The van der Waals surface area contributed by atoms with Gasteiger partial charge in [-0.2, -0.15) is 0 Å². The van der Waals surface area contributed by atoms with Gasteiger partial charge in [-0.3, -0.25) is 0 Å². The summed E-state index contributed by atoms with van der Waals surface area (Å²) in [5.41, 5.74) is 0.208. The number of rotatable bonds is 7. The third kappa shape index (κ3) is 3.70. The summed E-state index contributed by atoms with van der Waals surface area (Å²) in [6.07, 6.45) is 3.58. The van der Waals surface area contributed by atoms with E-state index >= 15 is 0 Å². The van der Waals surface area contributed by atoms with Crippen molar-refractivity contribution in [3.63, 3.8) is 0 Å². The highest BCUT2D eigenvalue weighted by molar-refractivity contribution is 5.87. The fourth-order valence-corrected chi connectivity index (χ4v) is 1.56. The molecular weight excluding hydrogens is 206 g/mol.